The second kappa shape index (κ2) is 6.12. The van der Waals surface area contributed by atoms with Crippen LogP contribution in [0, 0.1) is 5.41 Å². The van der Waals surface area contributed by atoms with Gasteiger partial charge in [0.25, 0.3) is 0 Å². The molecule has 6 heteroatoms. The summed E-state index contributed by atoms with van der Waals surface area (Å²) in [7, 11) is 0. The molecule has 0 spiro atoms. The monoisotopic (exact) mass is 298 g/mol. The first-order valence-electron chi connectivity index (χ1n) is 7.24. The van der Waals surface area contributed by atoms with Crippen molar-refractivity contribution in [2.24, 2.45) is 5.41 Å². The largest absolute Gasteiger partial charge is 0.346 e. The van der Waals surface area contributed by atoms with Gasteiger partial charge in [0.05, 0.1) is 11.5 Å². The Bertz CT molecular complexity index is 484. The van der Waals surface area contributed by atoms with Crippen molar-refractivity contribution in [3.63, 3.8) is 0 Å². The van der Waals surface area contributed by atoms with Crippen molar-refractivity contribution in [2.75, 3.05) is 5.88 Å². The molecule has 2 heterocycles. The summed E-state index contributed by atoms with van der Waals surface area (Å²) < 4.78 is 2.16. The first kappa shape index (κ1) is 15.3. The minimum absolute atomic E-state index is 0.0500. The van der Waals surface area contributed by atoms with E-state index in [0.29, 0.717) is 5.88 Å². The number of amides is 1. The fourth-order valence-corrected chi connectivity index (χ4v) is 2.47. The van der Waals surface area contributed by atoms with E-state index in [9.17, 15) is 4.79 Å². The van der Waals surface area contributed by atoms with E-state index in [4.69, 9.17) is 11.6 Å². The third-order valence-corrected chi connectivity index (χ3v) is 4.49. The van der Waals surface area contributed by atoms with E-state index in [1.165, 1.54) is 6.42 Å². The number of rotatable bonds is 4. The first-order chi connectivity index (χ1) is 9.45. The van der Waals surface area contributed by atoms with Crippen LogP contribution in [0.5, 0.6) is 0 Å². The number of carbonyl (C=O) groups excluding carboxylic acids is 1. The van der Waals surface area contributed by atoms with Gasteiger partial charge in [0.15, 0.2) is 5.82 Å². The third kappa shape index (κ3) is 3.14. The van der Waals surface area contributed by atoms with Crippen LogP contribution in [-0.2, 0) is 17.8 Å². The fourth-order valence-electron chi connectivity index (χ4n) is 2.35. The van der Waals surface area contributed by atoms with Gasteiger partial charge in [0, 0.05) is 18.8 Å². The molecule has 0 fully saturated rings. The number of hydrogen-bond acceptors (Lipinski definition) is 3. The highest BCUT2D eigenvalue weighted by Crippen LogP contribution is 2.22. The van der Waals surface area contributed by atoms with Crippen LogP contribution in [0.4, 0.5) is 0 Å². The average molecular weight is 299 g/mol. The maximum absolute atomic E-state index is 12.2. The summed E-state index contributed by atoms with van der Waals surface area (Å²) in [5.74, 6) is 2.13. The zero-order valence-corrected chi connectivity index (χ0v) is 13.2. The summed E-state index contributed by atoms with van der Waals surface area (Å²) in [6.45, 7) is 6.57. The van der Waals surface area contributed by atoms with Crippen molar-refractivity contribution in [3.8, 4) is 0 Å². The lowest BCUT2D eigenvalue weighted by atomic mass is 9.95. The van der Waals surface area contributed by atoms with E-state index in [-0.39, 0.29) is 11.9 Å². The molecule has 1 amide bonds. The van der Waals surface area contributed by atoms with Crippen LogP contribution in [0.15, 0.2) is 0 Å². The van der Waals surface area contributed by atoms with Crippen molar-refractivity contribution >= 4 is 17.5 Å². The normalized spacial score (nSPS) is 17.2. The molecule has 1 aromatic rings. The molecular weight excluding hydrogens is 276 g/mol. The molecule has 1 atom stereocenters. The van der Waals surface area contributed by atoms with Gasteiger partial charge >= 0.3 is 0 Å². The molecule has 2 rings (SSSR count). The zero-order valence-electron chi connectivity index (χ0n) is 12.4. The second-order valence-electron chi connectivity index (χ2n) is 6.15. The Balaban J connectivity index is 2.12. The first-order valence-corrected chi connectivity index (χ1v) is 7.78. The van der Waals surface area contributed by atoms with Crippen LogP contribution >= 0.6 is 11.6 Å². The molecule has 0 saturated heterocycles. The van der Waals surface area contributed by atoms with Gasteiger partial charge in [0.1, 0.15) is 5.82 Å². The van der Waals surface area contributed by atoms with E-state index >= 15 is 0 Å². The summed E-state index contributed by atoms with van der Waals surface area (Å²) in [5.41, 5.74) is -0.572. The van der Waals surface area contributed by atoms with Crippen molar-refractivity contribution in [1.29, 1.82) is 0 Å². The van der Waals surface area contributed by atoms with Gasteiger partial charge in [-0.25, -0.2) is 0 Å². The molecule has 1 aliphatic rings. The van der Waals surface area contributed by atoms with Crippen LogP contribution in [0.1, 0.15) is 57.7 Å². The quantitative estimate of drug-likeness (QED) is 0.869. The Kier molecular flexibility index (Phi) is 4.68. The topological polar surface area (TPSA) is 59.8 Å². The molecule has 112 valence electrons. The molecule has 1 aliphatic heterocycles. The molecule has 5 nitrogen and oxygen atoms in total. The van der Waals surface area contributed by atoms with Gasteiger partial charge in [-0.2, -0.15) is 0 Å². The molecule has 0 aliphatic carbocycles. The lowest BCUT2D eigenvalue weighted by molar-refractivity contribution is -0.129. The van der Waals surface area contributed by atoms with E-state index in [1.54, 1.807) is 0 Å². The van der Waals surface area contributed by atoms with Crippen LogP contribution in [-0.4, -0.2) is 26.6 Å². The van der Waals surface area contributed by atoms with E-state index < -0.39 is 5.41 Å². The van der Waals surface area contributed by atoms with Crippen LogP contribution < -0.4 is 5.32 Å². The maximum Gasteiger partial charge on any atom is 0.227 e. The van der Waals surface area contributed by atoms with Crippen molar-refractivity contribution in [1.82, 2.24) is 20.1 Å². The molecular formula is C14H23ClN4O. The predicted molar refractivity (Wildman–Crippen MR) is 78.6 cm³/mol. The summed E-state index contributed by atoms with van der Waals surface area (Å²) in [6.07, 6.45) is 4.51. The number of aryl methyl sites for hydroxylation is 1. The average Bonchev–Trinajstić information content (AvgIpc) is 2.68. The molecule has 0 aromatic carbocycles. The molecule has 1 unspecified atom stereocenters. The van der Waals surface area contributed by atoms with Crippen molar-refractivity contribution < 1.29 is 4.79 Å². The maximum atomic E-state index is 12.2. The Morgan fingerprint density at radius 1 is 1.40 bits per heavy atom. The number of halogens is 1. The summed E-state index contributed by atoms with van der Waals surface area (Å²) in [4.78, 5) is 12.2. The molecule has 0 bridgehead atoms. The number of alkyl halides is 1. The Hall–Kier alpha value is -1.10. The minimum Gasteiger partial charge on any atom is -0.346 e. The van der Waals surface area contributed by atoms with Gasteiger partial charge < -0.3 is 9.88 Å². The van der Waals surface area contributed by atoms with E-state index in [0.717, 1.165) is 37.5 Å². The Morgan fingerprint density at radius 3 is 2.85 bits per heavy atom. The summed E-state index contributed by atoms with van der Waals surface area (Å²) >= 11 is 5.84. The Labute approximate surface area is 125 Å². The highest BCUT2D eigenvalue weighted by molar-refractivity contribution is 6.19. The number of aromatic nitrogens is 3. The zero-order chi connectivity index (χ0) is 14.8. The number of nitrogens with zero attached hydrogens (tertiary/aromatic N) is 3. The minimum atomic E-state index is -0.572. The SMILES string of the molecule is CC(NC(=O)C(C)(C)CCl)c1nnc2n1CCCCC2. The molecule has 0 saturated carbocycles. The van der Waals surface area contributed by atoms with E-state index in [1.807, 2.05) is 20.8 Å². The van der Waals surface area contributed by atoms with Crippen LogP contribution in [0.25, 0.3) is 0 Å². The highest BCUT2D eigenvalue weighted by Gasteiger charge is 2.29. The number of nitrogens with one attached hydrogen (secondary N) is 1. The predicted octanol–water partition coefficient (Wildman–Crippen LogP) is 2.45. The van der Waals surface area contributed by atoms with Crippen molar-refractivity contribution in [2.45, 2.75) is 59.0 Å². The lowest BCUT2D eigenvalue weighted by Gasteiger charge is -2.23. The third-order valence-electron chi connectivity index (χ3n) is 3.82. The van der Waals surface area contributed by atoms with Gasteiger partial charge in [-0.1, -0.05) is 6.42 Å². The van der Waals surface area contributed by atoms with Gasteiger partial charge in [-0.3, -0.25) is 4.79 Å². The summed E-state index contributed by atoms with van der Waals surface area (Å²) in [5, 5.41) is 11.5. The van der Waals surface area contributed by atoms with Crippen molar-refractivity contribution in [3.05, 3.63) is 11.6 Å². The standard InChI is InChI=1S/C14H23ClN4O/c1-10(16-13(20)14(2,3)9-15)12-18-17-11-7-5-4-6-8-19(11)12/h10H,4-9H2,1-3H3,(H,16,20). The molecule has 20 heavy (non-hydrogen) atoms. The van der Waals surface area contributed by atoms with Gasteiger partial charge in [-0.05, 0) is 33.6 Å². The fraction of sp³-hybridized carbons (Fsp3) is 0.786. The molecule has 0 radical (unpaired) electrons. The smallest absolute Gasteiger partial charge is 0.227 e. The highest BCUT2D eigenvalue weighted by atomic mass is 35.5. The van der Waals surface area contributed by atoms with Gasteiger partial charge in [0.2, 0.25) is 5.91 Å². The number of carbonyl (C=O) groups is 1. The Morgan fingerprint density at radius 2 is 2.15 bits per heavy atom. The second-order valence-corrected chi connectivity index (χ2v) is 6.42. The van der Waals surface area contributed by atoms with Crippen LogP contribution in [0.3, 0.4) is 0 Å². The molecule has 1 aromatic heterocycles. The van der Waals surface area contributed by atoms with E-state index in [2.05, 4.69) is 20.1 Å². The molecule has 1 N–H and O–H groups in total. The van der Waals surface area contributed by atoms with Gasteiger partial charge in [-0.15, -0.1) is 21.8 Å². The summed E-state index contributed by atoms with van der Waals surface area (Å²) in [6, 6.07) is -0.149. The van der Waals surface area contributed by atoms with Crippen LogP contribution in [0.2, 0.25) is 0 Å². The number of hydrogen-bond donors (Lipinski definition) is 1. The lowest BCUT2D eigenvalue weighted by Crippen LogP contribution is -2.40. The number of fused-ring (bicyclic) bond motifs is 1.